The van der Waals surface area contributed by atoms with Crippen molar-refractivity contribution in [2.75, 3.05) is 6.61 Å². The second kappa shape index (κ2) is 9.50. The summed E-state index contributed by atoms with van der Waals surface area (Å²) >= 11 is 0. The Morgan fingerprint density at radius 3 is 2.37 bits per heavy atom. The minimum absolute atomic E-state index is 0.172. The highest BCUT2D eigenvalue weighted by Crippen LogP contribution is 2.36. The molecule has 5 heteroatoms. The Bertz CT molecular complexity index is 986. The molecule has 0 unspecified atom stereocenters. The third kappa shape index (κ3) is 5.32. The predicted octanol–water partition coefficient (Wildman–Crippen LogP) is 6.47. The summed E-state index contributed by atoms with van der Waals surface area (Å²) in [5, 5.41) is 20.1. The molecule has 3 rings (SSSR count). The van der Waals surface area contributed by atoms with Gasteiger partial charge in [0.15, 0.2) is 0 Å². The van der Waals surface area contributed by atoms with E-state index in [1.54, 1.807) is 0 Å². The molecule has 1 heterocycles. The molecule has 0 aliphatic rings. The summed E-state index contributed by atoms with van der Waals surface area (Å²) in [6.07, 6.45) is 7.47. The molecule has 5 nitrogen and oxygen atoms in total. The number of hydrogen-bond acceptors (Lipinski definition) is 4. The Morgan fingerprint density at radius 2 is 1.63 bits per heavy atom. The molecule has 3 aromatic rings. The first-order valence-corrected chi connectivity index (χ1v) is 11.1. The molecule has 0 saturated heterocycles. The van der Waals surface area contributed by atoms with Crippen LogP contribution in [0.25, 0.3) is 16.7 Å². The van der Waals surface area contributed by atoms with Crippen molar-refractivity contribution in [2.45, 2.75) is 78.6 Å². The van der Waals surface area contributed by atoms with Gasteiger partial charge in [0, 0.05) is 11.6 Å². The first-order chi connectivity index (χ1) is 14.3. The average molecular weight is 410 g/mol. The van der Waals surface area contributed by atoms with Gasteiger partial charge >= 0.3 is 0 Å². The molecule has 0 amide bonds. The number of aromatic nitrogens is 3. The highest BCUT2D eigenvalue weighted by molar-refractivity contribution is 5.76. The van der Waals surface area contributed by atoms with E-state index in [0.717, 1.165) is 40.9 Å². The fourth-order valence-electron chi connectivity index (χ4n) is 3.65. The van der Waals surface area contributed by atoms with Crippen LogP contribution < -0.4 is 4.74 Å². The third-order valence-electron chi connectivity index (χ3n) is 5.38. The van der Waals surface area contributed by atoms with Crippen LogP contribution in [0.4, 0.5) is 0 Å². The van der Waals surface area contributed by atoms with E-state index in [9.17, 15) is 5.11 Å². The molecule has 2 aromatic carbocycles. The summed E-state index contributed by atoms with van der Waals surface area (Å²) < 4.78 is 5.92. The van der Waals surface area contributed by atoms with E-state index in [2.05, 4.69) is 37.9 Å². The Balaban J connectivity index is 1.75. The van der Waals surface area contributed by atoms with Crippen LogP contribution >= 0.6 is 0 Å². The van der Waals surface area contributed by atoms with Gasteiger partial charge in [0.25, 0.3) is 0 Å². The summed E-state index contributed by atoms with van der Waals surface area (Å²) in [5.74, 6) is 1.04. The largest absolute Gasteiger partial charge is 0.505 e. The monoisotopic (exact) mass is 409 g/mol. The normalized spacial score (nSPS) is 11.9. The zero-order valence-electron chi connectivity index (χ0n) is 19.0. The molecule has 0 atom stereocenters. The van der Waals surface area contributed by atoms with E-state index >= 15 is 0 Å². The van der Waals surface area contributed by atoms with Gasteiger partial charge in [-0.3, -0.25) is 0 Å². The number of fused-ring (bicyclic) bond motifs is 1. The number of nitrogens with zero attached hydrogens (tertiary/aromatic N) is 3. The van der Waals surface area contributed by atoms with Crippen LogP contribution in [0.2, 0.25) is 0 Å². The van der Waals surface area contributed by atoms with Gasteiger partial charge in [0.05, 0.1) is 6.61 Å². The molecule has 162 valence electrons. The van der Waals surface area contributed by atoms with E-state index in [-0.39, 0.29) is 11.2 Å². The smallest absolute Gasteiger partial charge is 0.146 e. The summed E-state index contributed by atoms with van der Waals surface area (Å²) in [5.41, 5.74) is 3.92. The van der Waals surface area contributed by atoms with Gasteiger partial charge in [0.1, 0.15) is 28.2 Å². The lowest BCUT2D eigenvalue weighted by Gasteiger charge is -2.22. The van der Waals surface area contributed by atoms with E-state index < -0.39 is 0 Å². The van der Waals surface area contributed by atoms with Crippen molar-refractivity contribution in [3.8, 4) is 17.2 Å². The van der Waals surface area contributed by atoms with Crippen molar-refractivity contribution in [3.63, 3.8) is 0 Å². The van der Waals surface area contributed by atoms with Gasteiger partial charge in [-0.15, -0.1) is 15.0 Å². The number of hydrogen-bond donors (Lipinski definition) is 1. The summed E-state index contributed by atoms with van der Waals surface area (Å²) in [7, 11) is 0. The second-order valence-electron chi connectivity index (χ2n) is 9.19. The van der Waals surface area contributed by atoms with E-state index in [1.807, 2.05) is 37.3 Å². The standard InChI is InChI=1S/C25H35N3O2/c1-6-7-8-9-10-11-14-30-19-12-13-21-22(17-19)27-28(26-21)23-16-18(2)15-20(24(23)29)25(3,4)5/h12-13,15-17,29H,6-11,14H2,1-5H3. The molecule has 0 bridgehead atoms. The van der Waals surface area contributed by atoms with Gasteiger partial charge < -0.3 is 9.84 Å². The van der Waals surface area contributed by atoms with Gasteiger partial charge in [-0.1, -0.05) is 65.9 Å². The van der Waals surface area contributed by atoms with Crippen LogP contribution in [-0.2, 0) is 5.41 Å². The van der Waals surface area contributed by atoms with Crippen molar-refractivity contribution in [1.82, 2.24) is 15.0 Å². The number of aryl methyl sites for hydroxylation is 1. The maximum atomic E-state index is 10.9. The number of rotatable bonds is 9. The Kier molecular flexibility index (Phi) is 7.01. The topological polar surface area (TPSA) is 60.2 Å². The van der Waals surface area contributed by atoms with Crippen LogP contribution in [0.3, 0.4) is 0 Å². The lowest BCUT2D eigenvalue weighted by molar-refractivity contribution is 0.304. The lowest BCUT2D eigenvalue weighted by Crippen LogP contribution is -2.13. The van der Waals surface area contributed by atoms with E-state index in [1.165, 1.54) is 36.9 Å². The van der Waals surface area contributed by atoms with Crippen LogP contribution in [0.15, 0.2) is 30.3 Å². The molecule has 30 heavy (non-hydrogen) atoms. The third-order valence-corrected chi connectivity index (χ3v) is 5.38. The SMILES string of the molecule is CCCCCCCCOc1ccc2nn(-c3cc(C)cc(C(C)(C)C)c3O)nc2c1. The van der Waals surface area contributed by atoms with Gasteiger partial charge in [0.2, 0.25) is 0 Å². The minimum atomic E-state index is -0.172. The predicted molar refractivity (Wildman–Crippen MR) is 123 cm³/mol. The number of benzene rings is 2. The number of ether oxygens (including phenoxy) is 1. The van der Waals surface area contributed by atoms with Crippen molar-refractivity contribution in [3.05, 3.63) is 41.5 Å². The quantitative estimate of drug-likeness (QED) is 0.411. The molecule has 0 fully saturated rings. The summed E-state index contributed by atoms with van der Waals surface area (Å²) in [6.45, 7) is 11.2. The number of aromatic hydroxyl groups is 1. The van der Waals surface area contributed by atoms with Crippen molar-refractivity contribution < 1.29 is 9.84 Å². The van der Waals surface area contributed by atoms with Gasteiger partial charge in [-0.25, -0.2) is 0 Å². The molecule has 0 aliphatic heterocycles. The molecule has 1 aromatic heterocycles. The fraction of sp³-hybridized carbons (Fsp3) is 0.520. The molecule has 1 N–H and O–H groups in total. The molecule has 0 spiro atoms. The summed E-state index contributed by atoms with van der Waals surface area (Å²) in [6, 6.07) is 9.73. The van der Waals surface area contributed by atoms with Crippen LogP contribution in [0, 0.1) is 6.92 Å². The first kappa shape index (κ1) is 22.1. The second-order valence-corrected chi connectivity index (χ2v) is 9.19. The van der Waals surface area contributed by atoms with Crippen LogP contribution in [0.5, 0.6) is 11.5 Å². The van der Waals surface area contributed by atoms with Crippen molar-refractivity contribution >= 4 is 11.0 Å². The highest BCUT2D eigenvalue weighted by atomic mass is 16.5. The Morgan fingerprint density at radius 1 is 0.933 bits per heavy atom. The van der Waals surface area contributed by atoms with Crippen molar-refractivity contribution in [2.24, 2.45) is 0 Å². The molecular formula is C25H35N3O2. The van der Waals surface area contributed by atoms with Crippen LogP contribution in [-0.4, -0.2) is 26.7 Å². The lowest BCUT2D eigenvalue weighted by atomic mass is 9.85. The van der Waals surface area contributed by atoms with Gasteiger partial charge in [-0.2, -0.15) is 0 Å². The molecular weight excluding hydrogens is 374 g/mol. The Hall–Kier alpha value is -2.56. The molecule has 0 saturated carbocycles. The van der Waals surface area contributed by atoms with E-state index in [0.29, 0.717) is 5.69 Å². The van der Waals surface area contributed by atoms with Gasteiger partial charge in [-0.05, 0) is 42.5 Å². The average Bonchev–Trinajstić information content (AvgIpc) is 3.11. The zero-order valence-corrected chi connectivity index (χ0v) is 19.0. The minimum Gasteiger partial charge on any atom is -0.505 e. The number of phenolic OH excluding ortho intramolecular Hbond substituents is 1. The van der Waals surface area contributed by atoms with Crippen LogP contribution in [0.1, 0.15) is 77.3 Å². The maximum absolute atomic E-state index is 10.9. The molecule has 0 radical (unpaired) electrons. The summed E-state index contributed by atoms with van der Waals surface area (Å²) in [4.78, 5) is 1.53. The number of unbranched alkanes of at least 4 members (excludes halogenated alkanes) is 5. The number of phenols is 1. The molecule has 0 aliphatic carbocycles. The zero-order chi connectivity index (χ0) is 21.7. The first-order valence-electron chi connectivity index (χ1n) is 11.1. The fourth-order valence-corrected chi connectivity index (χ4v) is 3.65. The Labute approximate surface area is 180 Å². The van der Waals surface area contributed by atoms with E-state index in [4.69, 9.17) is 4.74 Å². The highest BCUT2D eigenvalue weighted by Gasteiger charge is 2.22. The van der Waals surface area contributed by atoms with Crippen molar-refractivity contribution in [1.29, 1.82) is 0 Å². The maximum Gasteiger partial charge on any atom is 0.146 e.